The van der Waals surface area contributed by atoms with E-state index >= 15 is 0 Å². The van der Waals surface area contributed by atoms with Crippen molar-refractivity contribution < 1.29 is 4.79 Å². The number of nitrogens with zero attached hydrogens (tertiary/aromatic N) is 2. The van der Waals surface area contributed by atoms with Crippen LogP contribution >= 0.6 is 11.8 Å². The van der Waals surface area contributed by atoms with Crippen molar-refractivity contribution in [2.45, 2.75) is 18.6 Å². The molecule has 94 valence electrons. The predicted octanol–water partition coefficient (Wildman–Crippen LogP) is 2.06. The molecule has 1 aromatic carbocycles. The maximum absolute atomic E-state index is 12.1. The smallest absolute Gasteiger partial charge is 0.227 e. The van der Waals surface area contributed by atoms with Crippen LogP contribution in [0.4, 0.5) is 0 Å². The number of hydrogen-bond donors (Lipinski definition) is 0. The Labute approximate surface area is 112 Å². The van der Waals surface area contributed by atoms with Crippen molar-refractivity contribution in [1.29, 1.82) is 5.26 Å². The highest BCUT2D eigenvalue weighted by Crippen LogP contribution is 2.18. The van der Waals surface area contributed by atoms with Gasteiger partial charge in [-0.25, -0.2) is 0 Å². The van der Waals surface area contributed by atoms with Gasteiger partial charge in [0, 0.05) is 24.1 Å². The van der Waals surface area contributed by atoms with Gasteiger partial charge in [-0.15, -0.1) is 0 Å². The Morgan fingerprint density at radius 2 is 2.22 bits per heavy atom. The molecule has 0 spiro atoms. The largest absolute Gasteiger partial charge is 0.340 e. The molecule has 0 aliphatic carbocycles. The Bertz CT molecular complexity index is 464. The van der Waals surface area contributed by atoms with E-state index in [0.717, 1.165) is 24.4 Å². The van der Waals surface area contributed by atoms with Gasteiger partial charge < -0.3 is 4.90 Å². The van der Waals surface area contributed by atoms with E-state index in [1.807, 2.05) is 28.8 Å². The van der Waals surface area contributed by atoms with Gasteiger partial charge >= 0.3 is 0 Å². The van der Waals surface area contributed by atoms with E-state index in [0.29, 0.717) is 17.2 Å². The van der Waals surface area contributed by atoms with Crippen molar-refractivity contribution in [1.82, 2.24) is 4.90 Å². The maximum Gasteiger partial charge on any atom is 0.227 e. The summed E-state index contributed by atoms with van der Waals surface area (Å²) >= 11 is 1.92. The maximum atomic E-state index is 12.1. The zero-order valence-electron chi connectivity index (χ0n) is 10.4. The van der Waals surface area contributed by atoms with Crippen LogP contribution in [0, 0.1) is 11.3 Å². The third-order valence-corrected chi connectivity index (χ3v) is 4.17. The molecule has 1 aliphatic heterocycles. The third kappa shape index (κ3) is 3.27. The monoisotopic (exact) mass is 260 g/mol. The highest BCUT2D eigenvalue weighted by molar-refractivity contribution is 7.99. The minimum atomic E-state index is 0.187. The summed E-state index contributed by atoms with van der Waals surface area (Å²) in [6.45, 7) is 3.86. The van der Waals surface area contributed by atoms with Gasteiger partial charge in [-0.3, -0.25) is 4.79 Å². The molecule has 0 aromatic heterocycles. The highest BCUT2D eigenvalue weighted by atomic mass is 32.2. The molecule has 0 N–H and O–H groups in total. The number of benzene rings is 1. The molecule has 2 rings (SSSR count). The van der Waals surface area contributed by atoms with Gasteiger partial charge in [0.05, 0.1) is 18.1 Å². The van der Waals surface area contributed by atoms with E-state index in [2.05, 4.69) is 13.0 Å². The average molecular weight is 260 g/mol. The molecule has 4 heteroatoms. The van der Waals surface area contributed by atoms with Gasteiger partial charge in [0.25, 0.3) is 0 Å². The summed E-state index contributed by atoms with van der Waals surface area (Å²) in [6, 6.07) is 9.32. The number of carbonyl (C=O) groups excluding carboxylic acids is 1. The topological polar surface area (TPSA) is 44.1 Å². The molecule has 1 unspecified atom stereocenters. The van der Waals surface area contributed by atoms with Crippen LogP contribution in [0.3, 0.4) is 0 Å². The minimum absolute atomic E-state index is 0.187. The number of hydrogen-bond acceptors (Lipinski definition) is 3. The molecule has 0 radical (unpaired) electrons. The molecule has 0 bridgehead atoms. The van der Waals surface area contributed by atoms with Crippen LogP contribution in [0.2, 0.25) is 0 Å². The second-order valence-corrected chi connectivity index (χ2v) is 6.05. The standard InChI is InChI=1S/C14H16N2OS/c1-11-10-16(6-7-18-11)14(17)8-12-2-4-13(9-15)5-3-12/h2-5,11H,6-8,10H2,1H3. The van der Waals surface area contributed by atoms with E-state index in [1.165, 1.54) is 0 Å². The summed E-state index contributed by atoms with van der Waals surface area (Å²) in [5.74, 6) is 1.21. The van der Waals surface area contributed by atoms with Crippen molar-refractivity contribution in [2.75, 3.05) is 18.8 Å². The van der Waals surface area contributed by atoms with Gasteiger partial charge in [0.1, 0.15) is 0 Å². The molecule has 1 fully saturated rings. The Balaban J connectivity index is 1.96. The first-order valence-corrected chi connectivity index (χ1v) is 7.12. The Morgan fingerprint density at radius 1 is 1.50 bits per heavy atom. The lowest BCUT2D eigenvalue weighted by molar-refractivity contribution is -0.130. The van der Waals surface area contributed by atoms with Crippen LogP contribution in [-0.4, -0.2) is 34.9 Å². The van der Waals surface area contributed by atoms with Gasteiger partial charge in [0.2, 0.25) is 5.91 Å². The van der Waals surface area contributed by atoms with E-state index in [4.69, 9.17) is 5.26 Å². The lowest BCUT2D eigenvalue weighted by Gasteiger charge is -2.30. The quantitative estimate of drug-likeness (QED) is 0.817. The summed E-state index contributed by atoms with van der Waals surface area (Å²) in [5.41, 5.74) is 1.61. The van der Waals surface area contributed by atoms with Crippen LogP contribution in [0.15, 0.2) is 24.3 Å². The third-order valence-electron chi connectivity index (χ3n) is 3.03. The Morgan fingerprint density at radius 3 is 2.83 bits per heavy atom. The number of rotatable bonds is 2. The van der Waals surface area contributed by atoms with Crippen LogP contribution in [-0.2, 0) is 11.2 Å². The second kappa shape index (κ2) is 5.92. The fraction of sp³-hybridized carbons (Fsp3) is 0.429. The summed E-state index contributed by atoms with van der Waals surface area (Å²) in [4.78, 5) is 14.1. The summed E-state index contributed by atoms with van der Waals surface area (Å²) in [7, 11) is 0. The van der Waals surface area contributed by atoms with E-state index in [-0.39, 0.29) is 5.91 Å². The van der Waals surface area contributed by atoms with Gasteiger partial charge in [-0.1, -0.05) is 19.1 Å². The molecule has 1 saturated heterocycles. The SMILES string of the molecule is CC1CN(C(=O)Cc2ccc(C#N)cc2)CCS1. The number of thioether (sulfide) groups is 1. The van der Waals surface area contributed by atoms with Crippen LogP contribution in [0.25, 0.3) is 0 Å². The molecule has 1 atom stereocenters. The molecule has 3 nitrogen and oxygen atoms in total. The van der Waals surface area contributed by atoms with Crippen LogP contribution in [0.1, 0.15) is 18.1 Å². The van der Waals surface area contributed by atoms with E-state index in [9.17, 15) is 4.79 Å². The zero-order valence-corrected chi connectivity index (χ0v) is 11.2. The summed E-state index contributed by atoms with van der Waals surface area (Å²) < 4.78 is 0. The van der Waals surface area contributed by atoms with Crippen LogP contribution in [0.5, 0.6) is 0 Å². The van der Waals surface area contributed by atoms with Gasteiger partial charge in [0.15, 0.2) is 0 Å². The van der Waals surface area contributed by atoms with Gasteiger partial charge in [-0.2, -0.15) is 17.0 Å². The molecular formula is C14H16N2OS. The van der Waals surface area contributed by atoms with E-state index < -0.39 is 0 Å². The van der Waals surface area contributed by atoms with Crippen molar-refractivity contribution in [3.05, 3.63) is 35.4 Å². The molecular weight excluding hydrogens is 244 g/mol. The summed E-state index contributed by atoms with van der Waals surface area (Å²) in [6.07, 6.45) is 0.434. The molecule has 18 heavy (non-hydrogen) atoms. The zero-order chi connectivity index (χ0) is 13.0. The van der Waals surface area contributed by atoms with E-state index in [1.54, 1.807) is 12.1 Å². The molecule has 0 saturated carbocycles. The lowest BCUT2D eigenvalue weighted by atomic mass is 10.1. The fourth-order valence-corrected chi connectivity index (χ4v) is 3.04. The first kappa shape index (κ1) is 13.0. The minimum Gasteiger partial charge on any atom is -0.340 e. The Hall–Kier alpha value is -1.47. The van der Waals surface area contributed by atoms with Crippen molar-refractivity contribution in [3.8, 4) is 6.07 Å². The highest BCUT2D eigenvalue weighted by Gasteiger charge is 2.21. The Kier molecular flexibility index (Phi) is 4.27. The number of carbonyl (C=O) groups is 1. The second-order valence-electron chi connectivity index (χ2n) is 4.51. The normalized spacial score (nSPS) is 19.3. The van der Waals surface area contributed by atoms with Crippen molar-refractivity contribution in [3.63, 3.8) is 0 Å². The number of amides is 1. The van der Waals surface area contributed by atoms with Gasteiger partial charge in [-0.05, 0) is 17.7 Å². The molecule has 1 aliphatic rings. The average Bonchev–Trinajstić information content (AvgIpc) is 2.39. The fourth-order valence-electron chi connectivity index (χ4n) is 2.03. The molecule has 1 amide bonds. The first-order valence-electron chi connectivity index (χ1n) is 6.07. The number of nitriles is 1. The predicted molar refractivity (Wildman–Crippen MR) is 73.4 cm³/mol. The first-order chi connectivity index (χ1) is 8.69. The molecule has 1 aromatic rings. The van der Waals surface area contributed by atoms with Crippen molar-refractivity contribution in [2.24, 2.45) is 0 Å². The molecule has 1 heterocycles. The summed E-state index contributed by atoms with van der Waals surface area (Å²) in [5, 5.41) is 9.25. The lowest BCUT2D eigenvalue weighted by Crippen LogP contribution is -2.41. The van der Waals surface area contributed by atoms with Crippen molar-refractivity contribution >= 4 is 17.7 Å². The van der Waals surface area contributed by atoms with Crippen LogP contribution < -0.4 is 0 Å².